The zero-order chi connectivity index (χ0) is 7.84. The van der Waals surface area contributed by atoms with Crippen molar-refractivity contribution >= 4 is 17.2 Å². The van der Waals surface area contributed by atoms with E-state index < -0.39 is 0 Å². The quantitative estimate of drug-likeness (QED) is 0.571. The van der Waals surface area contributed by atoms with Crippen LogP contribution >= 0.6 is 0 Å². The average Bonchev–Trinajstić information content (AvgIpc) is 2.33. The largest absolute Gasteiger partial charge is 0.398 e. The fraction of sp³-hybridized carbons (Fsp3) is 0. The number of hydrogen-bond acceptors (Lipinski definition) is 3. The summed E-state index contributed by atoms with van der Waals surface area (Å²) in [6.07, 6.45) is 3.35. The molecule has 0 aliphatic heterocycles. The van der Waals surface area contributed by atoms with E-state index in [2.05, 4.69) is 4.98 Å². The lowest BCUT2D eigenvalue weighted by molar-refractivity contribution is 1.20. The summed E-state index contributed by atoms with van der Waals surface area (Å²) in [5.41, 5.74) is 12.6. The van der Waals surface area contributed by atoms with E-state index in [4.69, 9.17) is 11.5 Å². The molecule has 0 saturated heterocycles. The normalized spacial score (nSPS) is 10.5. The Bertz CT molecular complexity index is 390. The van der Waals surface area contributed by atoms with Crippen molar-refractivity contribution in [2.45, 2.75) is 0 Å². The first-order valence-electron chi connectivity index (χ1n) is 3.25. The second-order valence-corrected chi connectivity index (χ2v) is 2.37. The van der Waals surface area contributed by atoms with Gasteiger partial charge in [-0.05, 0) is 12.1 Å². The van der Waals surface area contributed by atoms with Gasteiger partial charge in [-0.25, -0.2) is 4.98 Å². The number of nitrogen functional groups attached to an aromatic ring is 2. The summed E-state index contributed by atoms with van der Waals surface area (Å²) >= 11 is 0. The van der Waals surface area contributed by atoms with E-state index in [9.17, 15) is 0 Å². The molecule has 2 aromatic heterocycles. The SMILES string of the molecule is Nc1ccc2ncc(N)n2c1. The van der Waals surface area contributed by atoms with E-state index in [0.29, 0.717) is 11.5 Å². The molecule has 0 fully saturated rings. The third-order valence-electron chi connectivity index (χ3n) is 1.56. The van der Waals surface area contributed by atoms with Crippen molar-refractivity contribution in [3.8, 4) is 0 Å². The van der Waals surface area contributed by atoms with E-state index in [1.54, 1.807) is 22.9 Å². The van der Waals surface area contributed by atoms with E-state index in [-0.39, 0.29) is 0 Å². The fourth-order valence-electron chi connectivity index (χ4n) is 1.02. The summed E-state index contributed by atoms with van der Waals surface area (Å²) in [6.45, 7) is 0. The van der Waals surface area contributed by atoms with Crippen LogP contribution in [0.25, 0.3) is 5.65 Å². The van der Waals surface area contributed by atoms with Gasteiger partial charge in [-0.3, -0.25) is 4.40 Å². The number of nitrogens with zero attached hydrogens (tertiary/aromatic N) is 2. The van der Waals surface area contributed by atoms with Gasteiger partial charge >= 0.3 is 0 Å². The van der Waals surface area contributed by atoms with E-state index in [0.717, 1.165) is 5.65 Å². The number of fused-ring (bicyclic) bond motifs is 1. The molecule has 11 heavy (non-hydrogen) atoms. The molecule has 2 heterocycles. The Hall–Kier alpha value is -1.71. The molecule has 0 bridgehead atoms. The fourth-order valence-corrected chi connectivity index (χ4v) is 1.02. The van der Waals surface area contributed by atoms with Crippen LogP contribution < -0.4 is 11.5 Å². The highest BCUT2D eigenvalue weighted by Gasteiger charge is 1.97. The molecule has 4 N–H and O–H groups in total. The second kappa shape index (κ2) is 1.88. The van der Waals surface area contributed by atoms with Crippen LogP contribution in [-0.2, 0) is 0 Å². The van der Waals surface area contributed by atoms with Crippen molar-refractivity contribution in [1.82, 2.24) is 9.38 Å². The lowest BCUT2D eigenvalue weighted by atomic mass is 10.4. The lowest BCUT2D eigenvalue weighted by Gasteiger charge is -1.96. The molecule has 0 spiro atoms. The molecule has 4 nitrogen and oxygen atoms in total. The molecule has 0 unspecified atom stereocenters. The summed E-state index contributed by atoms with van der Waals surface area (Å²) in [7, 11) is 0. The maximum atomic E-state index is 5.59. The highest BCUT2D eigenvalue weighted by atomic mass is 15.1. The minimum absolute atomic E-state index is 0.604. The first-order valence-corrected chi connectivity index (χ1v) is 3.25. The summed E-state index contributed by atoms with van der Waals surface area (Å²) in [5, 5.41) is 0. The van der Waals surface area contributed by atoms with Gasteiger partial charge in [0.15, 0.2) is 0 Å². The van der Waals surface area contributed by atoms with Gasteiger partial charge in [0.2, 0.25) is 0 Å². The first-order chi connectivity index (χ1) is 5.27. The van der Waals surface area contributed by atoms with Crippen LogP contribution in [-0.4, -0.2) is 9.38 Å². The number of anilines is 2. The molecule has 2 rings (SSSR count). The molecule has 0 aromatic carbocycles. The van der Waals surface area contributed by atoms with Crippen LogP contribution in [0.2, 0.25) is 0 Å². The monoisotopic (exact) mass is 148 g/mol. The maximum Gasteiger partial charge on any atom is 0.138 e. The molecule has 4 heteroatoms. The summed E-state index contributed by atoms with van der Waals surface area (Å²) in [4.78, 5) is 4.04. The van der Waals surface area contributed by atoms with Crippen molar-refractivity contribution in [3.63, 3.8) is 0 Å². The number of rotatable bonds is 0. The summed E-state index contributed by atoms with van der Waals surface area (Å²) in [5.74, 6) is 0.604. The third kappa shape index (κ3) is 0.797. The van der Waals surface area contributed by atoms with E-state index >= 15 is 0 Å². The molecule has 0 saturated carbocycles. The highest BCUT2D eigenvalue weighted by Crippen LogP contribution is 2.10. The van der Waals surface area contributed by atoms with Gasteiger partial charge in [0.1, 0.15) is 11.5 Å². The first kappa shape index (κ1) is 6.03. The minimum Gasteiger partial charge on any atom is -0.398 e. The molecule has 0 aliphatic carbocycles. The molecule has 0 aliphatic rings. The highest BCUT2D eigenvalue weighted by molar-refractivity contribution is 5.53. The van der Waals surface area contributed by atoms with Crippen LogP contribution in [0.4, 0.5) is 11.5 Å². The summed E-state index contributed by atoms with van der Waals surface area (Å²) < 4.78 is 1.75. The Kier molecular flexibility index (Phi) is 1.03. The Labute approximate surface area is 63.4 Å². The molecule has 2 aromatic rings. The molecule has 0 amide bonds. The average molecular weight is 148 g/mol. The lowest BCUT2D eigenvalue weighted by Crippen LogP contribution is -1.94. The number of hydrogen-bond donors (Lipinski definition) is 2. The van der Waals surface area contributed by atoms with Crippen molar-refractivity contribution in [3.05, 3.63) is 24.5 Å². The third-order valence-corrected chi connectivity index (χ3v) is 1.56. The molecular weight excluding hydrogens is 140 g/mol. The number of aromatic nitrogens is 2. The Morgan fingerprint density at radius 2 is 2.09 bits per heavy atom. The van der Waals surface area contributed by atoms with Gasteiger partial charge in [-0.15, -0.1) is 0 Å². The van der Waals surface area contributed by atoms with Crippen LogP contribution in [0.3, 0.4) is 0 Å². The smallest absolute Gasteiger partial charge is 0.138 e. The van der Waals surface area contributed by atoms with Crippen LogP contribution in [0.15, 0.2) is 24.5 Å². The van der Waals surface area contributed by atoms with Crippen LogP contribution in [0.1, 0.15) is 0 Å². The molecule has 0 atom stereocenters. The van der Waals surface area contributed by atoms with E-state index in [1.165, 1.54) is 0 Å². The predicted molar refractivity (Wildman–Crippen MR) is 44.0 cm³/mol. The van der Waals surface area contributed by atoms with Gasteiger partial charge in [0.05, 0.1) is 6.20 Å². The van der Waals surface area contributed by atoms with Gasteiger partial charge in [-0.2, -0.15) is 0 Å². The molecular formula is C7H8N4. The zero-order valence-corrected chi connectivity index (χ0v) is 5.86. The predicted octanol–water partition coefficient (Wildman–Crippen LogP) is 0.499. The minimum atomic E-state index is 0.604. The Morgan fingerprint density at radius 3 is 2.91 bits per heavy atom. The molecule has 0 radical (unpaired) electrons. The number of pyridine rings is 1. The second-order valence-electron chi connectivity index (χ2n) is 2.37. The molecule has 56 valence electrons. The number of nitrogens with two attached hydrogens (primary N) is 2. The topological polar surface area (TPSA) is 69.3 Å². The van der Waals surface area contributed by atoms with Crippen LogP contribution in [0, 0.1) is 0 Å². The van der Waals surface area contributed by atoms with Crippen molar-refractivity contribution in [2.24, 2.45) is 0 Å². The maximum absolute atomic E-state index is 5.59. The van der Waals surface area contributed by atoms with Gasteiger partial charge < -0.3 is 11.5 Å². The van der Waals surface area contributed by atoms with Crippen molar-refractivity contribution in [1.29, 1.82) is 0 Å². The summed E-state index contributed by atoms with van der Waals surface area (Å²) in [6, 6.07) is 3.62. The van der Waals surface area contributed by atoms with E-state index in [1.807, 2.05) is 6.07 Å². The van der Waals surface area contributed by atoms with Crippen molar-refractivity contribution < 1.29 is 0 Å². The Balaban J connectivity index is 2.87. The van der Waals surface area contributed by atoms with Crippen molar-refractivity contribution in [2.75, 3.05) is 11.5 Å². The van der Waals surface area contributed by atoms with Gasteiger partial charge in [-0.1, -0.05) is 0 Å². The Morgan fingerprint density at radius 1 is 1.27 bits per heavy atom. The number of imidazole rings is 1. The zero-order valence-electron chi connectivity index (χ0n) is 5.86. The van der Waals surface area contributed by atoms with Gasteiger partial charge in [0, 0.05) is 11.9 Å². The standard InChI is InChI=1S/C7H8N4/c8-5-1-2-7-10-3-6(9)11(7)4-5/h1-4H,8-9H2. The van der Waals surface area contributed by atoms with Crippen LogP contribution in [0.5, 0.6) is 0 Å². The van der Waals surface area contributed by atoms with Gasteiger partial charge in [0.25, 0.3) is 0 Å².